The average Bonchev–Trinajstić information content (AvgIpc) is 3.22. The van der Waals surface area contributed by atoms with Crippen LogP contribution in [0.5, 0.6) is 34.5 Å². The van der Waals surface area contributed by atoms with Crippen LogP contribution in [0.3, 0.4) is 0 Å². The largest absolute Gasteiger partial charge is 4.00 e. The molecule has 8 nitrogen and oxygen atoms in total. The Bertz CT molecular complexity index is 2260. The summed E-state index contributed by atoms with van der Waals surface area (Å²) in [5.41, 5.74) is 14.9. The molecule has 6 aromatic rings. The van der Waals surface area contributed by atoms with Crippen LogP contribution in [0.4, 0.5) is 0 Å². The summed E-state index contributed by atoms with van der Waals surface area (Å²) in [4.78, 5) is 2.01. The zero-order valence-electron chi connectivity index (χ0n) is 42.5. The molecule has 0 saturated carbocycles. The average molecular weight is 1170 g/mol. The van der Waals surface area contributed by atoms with Gasteiger partial charge in [-0.05, 0) is 116 Å². The van der Waals surface area contributed by atoms with E-state index in [0.29, 0.717) is 39.3 Å². The Hall–Kier alpha value is -3.34. The van der Waals surface area contributed by atoms with Crippen molar-refractivity contribution in [2.75, 3.05) is 0 Å². The third-order valence-electron chi connectivity index (χ3n) is 11.6. The van der Waals surface area contributed by atoms with Crippen molar-refractivity contribution in [2.45, 2.75) is 131 Å². The fourth-order valence-electron chi connectivity index (χ4n) is 9.03. The van der Waals surface area contributed by atoms with E-state index in [9.17, 15) is 30.6 Å². The van der Waals surface area contributed by atoms with Crippen LogP contribution in [0, 0.1) is 83.1 Å². The van der Waals surface area contributed by atoms with Crippen molar-refractivity contribution in [3.63, 3.8) is 0 Å². The fourth-order valence-corrected chi connectivity index (χ4v) is 9.03. The van der Waals surface area contributed by atoms with Gasteiger partial charge in [-0.25, -0.2) is 0 Å². The molecule has 6 rings (SSSR count). The molecule has 0 fully saturated rings. The molecule has 0 atom stereocenters. The van der Waals surface area contributed by atoms with E-state index >= 15 is 0 Å². The molecule has 0 spiro atoms. The molecule has 0 amide bonds. The van der Waals surface area contributed by atoms with Crippen molar-refractivity contribution in [1.29, 1.82) is 0 Å². The number of aryl methyl sites for hydroxylation is 12. The van der Waals surface area contributed by atoms with Gasteiger partial charge in [0.15, 0.2) is 8.59 Å². The summed E-state index contributed by atoms with van der Waals surface area (Å²) in [5, 5.41) is 76.6. The normalized spacial score (nSPS) is 10.9. The molecule has 0 saturated heterocycles. The number of alkyl halides is 6. The summed E-state index contributed by atoms with van der Waals surface area (Å²) in [6, 6.07) is 22.9. The Morgan fingerprint density at radius 3 is 0.507 bits per heavy atom. The van der Waals surface area contributed by atoms with Crippen LogP contribution in [0.1, 0.15) is 100 Å². The van der Waals surface area contributed by atoms with Gasteiger partial charge in [-0.1, -0.05) is 244 Å². The summed E-state index contributed by atoms with van der Waals surface area (Å²) < 4.78 is -1.50. The molecule has 71 heavy (non-hydrogen) atoms. The number of nitrogens with one attached hydrogen (secondary N) is 2. The van der Waals surface area contributed by atoms with E-state index in [1.165, 1.54) is 0 Å². The van der Waals surface area contributed by atoms with Crippen LogP contribution in [0.15, 0.2) is 72.8 Å². The van der Waals surface area contributed by atoms with Crippen LogP contribution in [-0.2, 0) is 65.5 Å². The van der Waals surface area contributed by atoms with Crippen molar-refractivity contribution < 1.29 is 66.6 Å². The van der Waals surface area contributed by atoms with E-state index in [-0.39, 0.29) is 60.7 Å². The van der Waals surface area contributed by atoms with Crippen molar-refractivity contribution >= 4 is 69.6 Å². The molecule has 0 aliphatic carbocycles. The number of benzene rings is 6. The van der Waals surface area contributed by atoms with Gasteiger partial charge in [0.05, 0.1) is 0 Å². The van der Waals surface area contributed by atoms with E-state index < -0.39 is 8.59 Å². The third-order valence-corrected chi connectivity index (χ3v) is 11.6. The Morgan fingerprint density at radius 2 is 0.394 bits per heavy atom. The van der Waals surface area contributed by atoms with Crippen molar-refractivity contribution in [1.82, 2.24) is 0 Å². The minimum atomic E-state index is -0.750. The van der Waals surface area contributed by atoms with Gasteiger partial charge in [0.2, 0.25) is 0 Å². The van der Waals surface area contributed by atoms with Gasteiger partial charge in [-0.2, -0.15) is 0 Å². The van der Waals surface area contributed by atoms with E-state index in [4.69, 9.17) is 69.6 Å². The zero-order chi connectivity index (χ0) is 52.9. The Morgan fingerprint density at radius 1 is 0.282 bits per heavy atom. The van der Waals surface area contributed by atoms with Gasteiger partial charge < -0.3 is 40.4 Å². The molecule has 0 radical (unpaired) electrons. The van der Waals surface area contributed by atoms with Gasteiger partial charge in [0.25, 0.3) is 0 Å². The maximum Gasteiger partial charge on any atom is 4.00 e. The molecule has 0 bridgehead atoms. The van der Waals surface area contributed by atoms with Crippen LogP contribution in [0.25, 0.3) is 0 Å². The van der Waals surface area contributed by atoms with Gasteiger partial charge in [-0.3, -0.25) is 0 Å². The predicted octanol–water partition coefficient (Wildman–Crippen LogP) is 9.06. The molecule has 380 valence electrons. The molecule has 0 aliphatic rings. The number of quaternary nitrogens is 2. The minimum absolute atomic E-state index is 0. The van der Waals surface area contributed by atoms with E-state index in [1.54, 1.807) is 0 Å². The molecular formula is C56H64Cl6N2O6Zr. The molecule has 15 heteroatoms. The Kier molecular flexibility index (Phi) is 26.5. The third kappa shape index (κ3) is 20.5. The van der Waals surface area contributed by atoms with Gasteiger partial charge >= 0.3 is 26.2 Å². The maximum atomic E-state index is 12.8. The smallest absolute Gasteiger partial charge is 0.872 e. The Balaban J connectivity index is 0.000000417. The topological polar surface area (TPSA) is 147 Å². The summed E-state index contributed by atoms with van der Waals surface area (Å²) in [5.74, 6) is 0.215. The number of hydrogen-bond acceptors (Lipinski definition) is 6. The molecule has 0 aliphatic heterocycles. The van der Waals surface area contributed by atoms with Crippen LogP contribution < -0.4 is 40.4 Å². The summed E-state index contributed by atoms with van der Waals surface area (Å²) in [6.07, 6.45) is 0. The van der Waals surface area contributed by atoms with Gasteiger partial charge in [-0.15, -0.1) is 0 Å². The van der Waals surface area contributed by atoms with Crippen LogP contribution in [-0.4, -0.2) is 8.59 Å². The molecular weight excluding hydrogens is 1100 g/mol. The van der Waals surface area contributed by atoms with Crippen molar-refractivity contribution in [2.24, 2.45) is 0 Å². The first-order chi connectivity index (χ1) is 32.6. The second kappa shape index (κ2) is 29.5. The predicted molar refractivity (Wildman–Crippen MR) is 279 cm³/mol. The number of hydrogen-bond donors (Lipinski definition) is 2. The minimum Gasteiger partial charge on any atom is -0.872 e. The molecule has 0 unspecified atom stereocenters. The first kappa shape index (κ1) is 63.8. The summed E-state index contributed by atoms with van der Waals surface area (Å²) in [7, 11) is 0. The van der Waals surface area contributed by atoms with E-state index in [2.05, 4.69) is 0 Å². The quantitative estimate of drug-likeness (QED) is 0.117. The maximum absolute atomic E-state index is 12.8. The molecule has 0 aromatic heterocycles. The Labute approximate surface area is 470 Å². The van der Waals surface area contributed by atoms with Crippen molar-refractivity contribution in [3.8, 4) is 34.5 Å². The summed E-state index contributed by atoms with van der Waals surface area (Å²) >= 11 is 28.8. The molecule has 0 heterocycles. The van der Waals surface area contributed by atoms with E-state index in [1.807, 2.05) is 156 Å². The van der Waals surface area contributed by atoms with Gasteiger partial charge in [0.1, 0.15) is 39.3 Å². The molecule has 6 aromatic carbocycles. The first-order valence-corrected chi connectivity index (χ1v) is 25.3. The van der Waals surface area contributed by atoms with Crippen molar-refractivity contribution in [3.05, 3.63) is 173 Å². The van der Waals surface area contributed by atoms with Gasteiger partial charge in [0, 0.05) is 0 Å². The monoisotopic (exact) mass is 1160 g/mol. The van der Waals surface area contributed by atoms with Crippen LogP contribution >= 0.6 is 69.6 Å². The van der Waals surface area contributed by atoms with E-state index in [0.717, 1.165) is 110 Å². The SMILES string of the molecule is Cc1cc(C)c([O-])c(C[NH+](Cc2cc(C)cc(C)c2[O-])Cc2cc(C)cc(C)c2[O-])c1.Cc1cc(C)c([O-])c(C[NH+](Cc2cc(C)cc(C)c2[O-])Cc2cc(C)cc(C)c2[O-])c1.ClC(Cl)Cl.ClC(Cl)Cl.[Zr+4]. The number of rotatable bonds is 12. The standard InChI is InChI=1S/2C27H33NO3.2CHCl3.Zr/c2*1-16-7-19(4)25(29)22(10-16)13-28(14-23-11-17(2)8-20(5)26(23)30)15-24-12-18(3)9-21(6)27(24)31;2*2-1(3)4;/h2*7-12,29-31H,13-15H2,1-6H3;2*1H;/q;;;;+4/p-4. The summed E-state index contributed by atoms with van der Waals surface area (Å²) in [6.45, 7) is 25.6. The zero-order valence-corrected chi connectivity index (χ0v) is 49.5. The second-order valence-electron chi connectivity index (χ2n) is 18.5. The number of halogens is 6. The van der Waals surface area contributed by atoms with Crippen LogP contribution in [0.2, 0.25) is 0 Å². The fraction of sp³-hybridized carbons (Fsp3) is 0.357. The molecule has 2 N–H and O–H groups in total. The second-order valence-corrected chi connectivity index (χ2v) is 22.4. The first-order valence-electron chi connectivity index (χ1n) is 22.7.